The lowest BCUT2D eigenvalue weighted by atomic mass is 9.94. The minimum atomic E-state index is 0.363. The third-order valence-corrected chi connectivity index (χ3v) is 3.05. The van der Waals surface area contributed by atoms with Gasteiger partial charge in [-0.3, -0.25) is 0 Å². The highest BCUT2D eigenvalue weighted by Crippen LogP contribution is 2.17. The van der Waals surface area contributed by atoms with Crippen molar-refractivity contribution >= 4 is 0 Å². The van der Waals surface area contributed by atoms with E-state index in [-0.39, 0.29) is 0 Å². The molecule has 0 aliphatic rings. The lowest BCUT2D eigenvalue weighted by molar-refractivity contribution is 0.331. The van der Waals surface area contributed by atoms with Crippen LogP contribution in [0.3, 0.4) is 0 Å². The number of hydrogen-bond donors (Lipinski definition) is 1. The lowest BCUT2D eigenvalue weighted by Gasteiger charge is -2.14. The zero-order valence-electron chi connectivity index (χ0n) is 12.2. The lowest BCUT2D eigenvalue weighted by Crippen LogP contribution is -2.19. The van der Waals surface area contributed by atoms with Crippen molar-refractivity contribution in [3.63, 3.8) is 0 Å². The molecule has 1 unspecified atom stereocenters. The van der Waals surface area contributed by atoms with Crippen LogP contribution in [-0.4, -0.2) is 26.7 Å². The van der Waals surface area contributed by atoms with Crippen LogP contribution in [0.5, 0.6) is 0 Å². The Labute approximate surface area is 118 Å². The van der Waals surface area contributed by atoms with Gasteiger partial charge >= 0.3 is 0 Å². The van der Waals surface area contributed by atoms with Crippen molar-refractivity contribution in [1.82, 2.24) is 20.1 Å². The monoisotopic (exact) mass is 275 g/mol. The molecule has 108 valence electrons. The molecule has 2 aromatic rings. The summed E-state index contributed by atoms with van der Waals surface area (Å²) in [4.78, 5) is 12.7. The first-order valence-electron chi connectivity index (χ1n) is 6.90. The maximum atomic E-state index is 5.79. The Balaban J connectivity index is 2.06. The van der Waals surface area contributed by atoms with Crippen LogP contribution in [-0.2, 0) is 6.42 Å². The molecule has 0 saturated carbocycles. The van der Waals surface area contributed by atoms with E-state index in [1.807, 2.05) is 6.92 Å². The van der Waals surface area contributed by atoms with Gasteiger partial charge in [0.05, 0.1) is 0 Å². The maximum Gasteiger partial charge on any atom is 0.240 e. The van der Waals surface area contributed by atoms with Crippen molar-refractivity contribution in [2.45, 2.75) is 33.6 Å². The van der Waals surface area contributed by atoms with Gasteiger partial charge in [-0.15, -0.1) is 0 Å². The van der Waals surface area contributed by atoms with E-state index in [1.165, 1.54) is 0 Å². The second-order valence-electron chi connectivity index (χ2n) is 5.53. The largest absolute Gasteiger partial charge is 0.339 e. The normalized spacial score (nSPS) is 12.8. The molecule has 0 aromatic carbocycles. The summed E-state index contributed by atoms with van der Waals surface area (Å²) < 4.78 is 5.27. The van der Waals surface area contributed by atoms with Gasteiger partial charge < -0.3 is 10.3 Å². The van der Waals surface area contributed by atoms with Crippen LogP contribution in [0.4, 0.5) is 0 Å². The first-order valence-corrected chi connectivity index (χ1v) is 6.90. The second-order valence-corrected chi connectivity index (χ2v) is 5.53. The number of nitrogens with zero attached hydrogens (tertiary/aromatic N) is 4. The molecule has 0 spiro atoms. The summed E-state index contributed by atoms with van der Waals surface area (Å²) in [7, 11) is 0. The summed E-state index contributed by atoms with van der Waals surface area (Å²) >= 11 is 0. The van der Waals surface area contributed by atoms with Crippen molar-refractivity contribution in [3.8, 4) is 11.6 Å². The Kier molecular flexibility index (Phi) is 4.79. The van der Waals surface area contributed by atoms with E-state index in [0.29, 0.717) is 42.3 Å². The fourth-order valence-corrected chi connectivity index (χ4v) is 2.11. The molecule has 2 N–H and O–H groups in total. The molecule has 6 nitrogen and oxygen atoms in total. The highest BCUT2D eigenvalue weighted by molar-refractivity contribution is 5.40. The van der Waals surface area contributed by atoms with Crippen molar-refractivity contribution in [2.24, 2.45) is 17.6 Å². The summed E-state index contributed by atoms with van der Waals surface area (Å²) in [5.74, 6) is 2.48. The predicted molar refractivity (Wildman–Crippen MR) is 75.8 cm³/mol. The van der Waals surface area contributed by atoms with E-state index in [2.05, 4.69) is 34.0 Å². The van der Waals surface area contributed by atoms with Crippen molar-refractivity contribution < 1.29 is 4.52 Å². The first kappa shape index (κ1) is 14.6. The smallest absolute Gasteiger partial charge is 0.240 e. The highest BCUT2D eigenvalue weighted by atomic mass is 16.5. The summed E-state index contributed by atoms with van der Waals surface area (Å²) in [5.41, 5.74) is 6.79. The molecule has 0 radical (unpaired) electrons. The molecule has 20 heavy (non-hydrogen) atoms. The molecule has 2 rings (SSSR count). The quantitative estimate of drug-likeness (QED) is 0.867. The van der Waals surface area contributed by atoms with Gasteiger partial charge in [-0.05, 0) is 37.3 Å². The van der Waals surface area contributed by atoms with E-state index in [9.17, 15) is 0 Å². The third kappa shape index (κ3) is 3.84. The summed E-state index contributed by atoms with van der Waals surface area (Å²) in [6.07, 6.45) is 5.22. The zero-order valence-corrected chi connectivity index (χ0v) is 12.2. The molecule has 0 bridgehead atoms. The topological polar surface area (TPSA) is 90.7 Å². The Morgan fingerprint density at radius 1 is 1.20 bits per heavy atom. The van der Waals surface area contributed by atoms with Crippen LogP contribution in [0.1, 0.15) is 31.7 Å². The van der Waals surface area contributed by atoms with Gasteiger partial charge in [-0.2, -0.15) is 4.98 Å². The number of aryl methyl sites for hydroxylation is 1. The molecule has 0 amide bonds. The third-order valence-electron chi connectivity index (χ3n) is 3.05. The van der Waals surface area contributed by atoms with E-state index < -0.39 is 0 Å². The summed E-state index contributed by atoms with van der Waals surface area (Å²) in [6, 6.07) is 0. The average molecular weight is 275 g/mol. The van der Waals surface area contributed by atoms with Gasteiger partial charge in [0, 0.05) is 18.8 Å². The maximum absolute atomic E-state index is 5.79. The molecule has 2 heterocycles. The SMILES string of the molecule is Cc1cnc(-c2noc(CC(CN)CC(C)C)n2)nc1. The Hall–Kier alpha value is -1.82. The fraction of sp³-hybridized carbons (Fsp3) is 0.571. The van der Waals surface area contributed by atoms with Crippen LogP contribution < -0.4 is 5.73 Å². The van der Waals surface area contributed by atoms with E-state index in [4.69, 9.17) is 10.3 Å². The number of aromatic nitrogens is 4. The van der Waals surface area contributed by atoms with Gasteiger partial charge in [0.1, 0.15) is 0 Å². The van der Waals surface area contributed by atoms with Crippen LogP contribution in [0.2, 0.25) is 0 Å². The molecule has 2 aromatic heterocycles. The average Bonchev–Trinajstić information content (AvgIpc) is 2.87. The van der Waals surface area contributed by atoms with Crippen LogP contribution in [0, 0.1) is 18.8 Å². The molecular weight excluding hydrogens is 254 g/mol. The standard InChI is InChI=1S/C14H21N5O/c1-9(2)4-11(6-15)5-12-18-14(19-20-12)13-16-7-10(3)8-17-13/h7-9,11H,4-6,15H2,1-3H3. The Morgan fingerprint density at radius 3 is 2.50 bits per heavy atom. The molecular formula is C14H21N5O. The van der Waals surface area contributed by atoms with E-state index in [1.54, 1.807) is 12.4 Å². The first-order chi connectivity index (χ1) is 9.58. The minimum Gasteiger partial charge on any atom is -0.339 e. The van der Waals surface area contributed by atoms with Crippen molar-refractivity contribution in [3.05, 3.63) is 23.8 Å². The summed E-state index contributed by atoms with van der Waals surface area (Å²) in [6.45, 7) is 6.92. The van der Waals surface area contributed by atoms with Crippen molar-refractivity contribution in [1.29, 1.82) is 0 Å². The minimum absolute atomic E-state index is 0.363. The second kappa shape index (κ2) is 6.56. The molecule has 1 atom stereocenters. The Morgan fingerprint density at radius 2 is 1.90 bits per heavy atom. The molecule has 0 aliphatic carbocycles. The Bertz CT molecular complexity index is 535. The van der Waals surface area contributed by atoms with Crippen molar-refractivity contribution in [2.75, 3.05) is 6.54 Å². The number of nitrogens with two attached hydrogens (primary N) is 1. The summed E-state index contributed by atoms with van der Waals surface area (Å²) in [5, 5.41) is 3.93. The van der Waals surface area contributed by atoms with Gasteiger partial charge in [-0.1, -0.05) is 19.0 Å². The van der Waals surface area contributed by atoms with E-state index in [0.717, 1.165) is 12.0 Å². The predicted octanol–water partition coefficient (Wildman–Crippen LogP) is 2.00. The van der Waals surface area contributed by atoms with Crippen LogP contribution in [0.15, 0.2) is 16.9 Å². The fourth-order valence-electron chi connectivity index (χ4n) is 2.11. The van der Waals surface area contributed by atoms with E-state index >= 15 is 0 Å². The molecule has 0 saturated heterocycles. The van der Waals surface area contributed by atoms with Gasteiger partial charge in [0.15, 0.2) is 0 Å². The van der Waals surface area contributed by atoms with Crippen LogP contribution >= 0.6 is 0 Å². The molecule has 0 aliphatic heterocycles. The highest BCUT2D eigenvalue weighted by Gasteiger charge is 2.16. The zero-order chi connectivity index (χ0) is 14.5. The van der Waals surface area contributed by atoms with Crippen LogP contribution in [0.25, 0.3) is 11.6 Å². The molecule has 6 heteroatoms. The van der Waals surface area contributed by atoms with Gasteiger partial charge in [0.25, 0.3) is 0 Å². The molecule has 0 fully saturated rings. The number of hydrogen-bond acceptors (Lipinski definition) is 6. The van der Waals surface area contributed by atoms with Gasteiger partial charge in [-0.25, -0.2) is 9.97 Å². The van der Waals surface area contributed by atoms with Gasteiger partial charge in [0.2, 0.25) is 17.5 Å². The number of rotatable bonds is 6.